The molecule has 0 aliphatic rings. The fourth-order valence-electron chi connectivity index (χ4n) is 3.13. The van der Waals surface area contributed by atoms with Gasteiger partial charge in [0.1, 0.15) is 29.8 Å². The predicted octanol–water partition coefficient (Wildman–Crippen LogP) is 4.36. The zero-order chi connectivity index (χ0) is 23.1. The van der Waals surface area contributed by atoms with Crippen LogP contribution < -0.4 is 10.3 Å². The van der Waals surface area contributed by atoms with Crippen LogP contribution in [0.4, 0.5) is 4.39 Å². The summed E-state index contributed by atoms with van der Waals surface area (Å²) in [6, 6.07) is 13.7. The number of nitriles is 1. The Labute approximate surface area is 189 Å². The standard InChI is InChI=1S/C24H20ClFN2O4/c1-31-9-3-8-28-14-18(11-17(13-27)24(28)30)23(29)21-12-20(26)6-7-22(21)32-15-16-4-2-5-19(25)10-16/h2,4-7,10-12,14H,3,8-9,15H2,1H3. The molecule has 0 bridgehead atoms. The highest BCUT2D eigenvalue weighted by Gasteiger charge is 2.19. The van der Waals surface area contributed by atoms with Gasteiger partial charge in [-0.2, -0.15) is 5.26 Å². The Morgan fingerprint density at radius 2 is 2.03 bits per heavy atom. The number of hydrogen-bond donors (Lipinski definition) is 0. The summed E-state index contributed by atoms with van der Waals surface area (Å²) in [5.41, 5.74) is 0.163. The second kappa shape index (κ2) is 10.7. The Morgan fingerprint density at radius 1 is 1.22 bits per heavy atom. The average molecular weight is 455 g/mol. The summed E-state index contributed by atoms with van der Waals surface area (Å²) in [7, 11) is 1.54. The molecule has 32 heavy (non-hydrogen) atoms. The lowest BCUT2D eigenvalue weighted by Crippen LogP contribution is -2.24. The van der Waals surface area contributed by atoms with Crippen LogP contribution in [0.2, 0.25) is 5.02 Å². The number of aromatic nitrogens is 1. The summed E-state index contributed by atoms with van der Waals surface area (Å²) >= 11 is 5.99. The highest BCUT2D eigenvalue weighted by atomic mass is 35.5. The minimum atomic E-state index is -0.614. The Bertz CT molecular complexity index is 1230. The third-order valence-electron chi connectivity index (χ3n) is 4.69. The maximum Gasteiger partial charge on any atom is 0.268 e. The van der Waals surface area contributed by atoms with E-state index < -0.39 is 17.2 Å². The molecule has 0 atom stereocenters. The van der Waals surface area contributed by atoms with Gasteiger partial charge in [0.05, 0.1) is 5.56 Å². The predicted molar refractivity (Wildman–Crippen MR) is 118 cm³/mol. The third-order valence-corrected chi connectivity index (χ3v) is 4.92. The lowest BCUT2D eigenvalue weighted by Gasteiger charge is -2.13. The van der Waals surface area contributed by atoms with Crippen molar-refractivity contribution in [2.75, 3.05) is 13.7 Å². The topological polar surface area (TPSA) is 81.3 Å². The van der Waals surface area contributed by atoms with E-state index in [0.717, 1.165) is 11.6 Å². The van der Waals surface area contributed by atoms with Crippen LogP contribution in [0, 0.1) is 17.1 Å². The summed E-state index contributed by atoms with van der Waals surface area (Å²) in [6.45, 7) is 0.800. The molecule has 0 aliphatic heterocycles. The van der Waals surface area contributed by atoms with Crippen molar-refractivity contribution >= 4 is 17.4 Å². The first-order valence-electron chi connectivity index (χ1n) is 9.78. The van der Waals surface area contributed by atoms with Gasteiger partial charge in [0.15, 0.2) is 5.78 Å². The van der Waals surface area contributed by atoms with Gasteiger partial charge in [-0.15, -0.1) is 0 Å². The molecular formula is C24H20ClFN2O4. The molecule has 0 radical (unpaired) electrons. The normalized spacial score (nSPS) is 10.6. The van der Waals surface area contributed by atoms with Gasteiger partial charge in [-0.1, -0.05) is 23.7 Å². The SMILES string of the molecule is COCCCn1cc(C(=O)c2cc(F)ccc2OCc2cccc(Cl)c2)cc(C#N)c1=O. The zero-order valence-electron chi connectivity index (χ0n) is 17.3. The van der Waals surface area contributed by atoms with Crippen LogP contribution in [0.15, 0.2) is 59.5 Å². The lowest BCUT2D eigenvalue weighted by atomic mass is 10.0. The van der Waals surface area contributed by atoms with Crippen molar-refractivity contribution in [3.05, 3.63) is 98.2 Å². The number of pyridine rings is 1. The molecule has 0 saturated carbocycles. The first-order valence-corrected chi connectivity index (χ1v) is 10.2. The second-order valence-electron chi connectivity index (χ2n) is 6.99. The van der Waals surface area contributed by atoms with E-state index in [1.807, 2.05) is 12.1 Å². The highest BCUT2D eigenvalue weighted by molar-refractivity contribution is 6.30. The zero-order valence-corrected chi connectivity index (χ0v) is 18.1. The monoisotopic (exact) mass is 454 g/mol. The van der Waals surface area contributed by atoms with Crippen LogP contribution in [0.25, 0.3) is 0 Å². The van der Waals surface area contributed by atoms with E-state index in [9.17, 15) is 19.2 Å². The molecule has 0 spiro atoms. The molecular weight excluding hydrogens is 435 g/mol. The molecule has 0 saturated heterocycles. The Hall–Kier alpha value is -3.47. The van der Waals surface area contributed by atoms with Crippen molar-refractivity contribution in [2.45, 2.75) is 19.6 Å². The number of ether oxygens (including phenoxy) is 2. The van der Waals surface area contributed by atoms with Crippen molar-refractivity contribution < 1.29 is 18.7 Å². The van der Waals surface area contributed by atoms with E-state index in [4.69, 9.17) is 21.1 Å². The summed E-state index contributed by atoms with van der Waals surface area (Å²) in [4.78, 5) is 25.6. The number of carbonyl (C=O) groups excluding carboxylic acids is 1. The average Bonchev–Trinajstić information content (AvgIpc) is 2.79. The number of halogens is 2. The van der Waals surface area contributed by atoms with E-state index in [1.54, 1.807) is 18.2 Å². The quantitative estimate of drug-likeness (QED) is 0.354. The van der Waals surface area contributed by atoms with Gasteiger partial charge in [0, 0.05) is 37.0 Å². The molecule has 2 aromatic carbocycles. The number of ketones is 1. The molecule has 0 aliphatic carbocycles. The van der Waals surface area contributed by atoms with Gasteiger partial charge < -0.3 is 14.0 Å². The van der Waals surface area contributed by atoms with E-state index in [0.29, 0.717) is 18.1 Å². The smallest absolute Gasteiger partial charge is 0.268 e. The van der Waals surface area contributed by atoms with Crippen LogP contribution in [0.5, 0.6) is 5.75 Å². The van der Waals surface area contributed by atoms with Crippen molar-refractivity contribution in [1.29, 1.82) is 5.26 Å². The number of benzene rings is 2. The van der Waals surface area contributed by atoms with Crippen molar-refractivity contribution in [3.63, 3.8) is 0 Å². The first-order chi connectivity index (χ1) is 15.4. The summed E-state index contributed by atoms with van der Waals surface area (Å²) in [6.07, 6.45) is 1.89. The number of carbonyl (C=O) groups is 1. The Balaban J connectivity index is 1.94. The molecule has 0 N–H and O–H groups in total. The van der Waals surface area contributed by atoms with Gasteiger partial charge >= 0.3 is 0 Å². The molecule has 1 heterocycles. The largest absolute Gasteiger partial charge is 0.488 e. The van der Waals surface area contributed by atoms with E-state index in [1.165, 1.54) is 36.1 Å². The second-order valence-corrected chi connectivity index (χ2v) is 7.42. The summed E-state index contributed by atoms with van der Waals surface area (Å²) in [5.74, 6) is -1.01. The molecule has 3 aromatic rings. The number of nitrogens with zero attached hydrogens (tertiary/aromatic N) is 2. The molecule has 0 unspecified atom stereocenters. The minimum Gasteiger partial charge on any atom is -0.488 e. The van der Waals surface area contributed by atoms with Gasteiger partial charge in [-0.25, -0.2) is 4.39 Å². The van der Waals surface area contributed by atoms with Gasteiger partial charge in [-0.05, 0) is 48.4 Å². The number of hydrogen-bond acceptors (Lipinski definition) is 5. The van der Waals surface area contributed by atoms with Crippen LogP contribution in [0.1, 0.15) is 33.5 Å². The molecule has 8 heteroatoms. The first kappa shape index (κ1) is 23.2. The van der Waals surface area contributed by atoms with Crippen molar-refractivity contribution in [1.82, 2.24) is 4.57 Å². The molecule has 0 amide bonds. The lowest BCUT2D eigenvalue weighted by molar-refractivity contribution is 0.103. The van der Waals surface area contributed by atoms with Gasteiger partial charge in [-0.3, -0.25) is 9.59 Å². The van der Waals surface area contributed by atoms with Crippen LogP contribution in [-0.4, -0.2) is 24.1 Å². The van der Waals surface area contributed by atoms with E-state index >= 15 is 0 Å². The van der Waals surface area contributed by atoms with Crippen LogP contribution in [0.3, 0.4) is 0 Å². The number of rotatable bonds is 9. The molecule has 164 valence electrons. The molecule has 0 fully saturated rings. The van der Waals surface area contributed by atoms with Gasteiger partial charge in [0.2, 0.25) is 0 Å². The molecule has 3 rings (SSSR count). The van der Waals surface area contributed by atoms with Crippen LogP contribution >= 0.6 is 11.6 Å². The third kappa shape index (κ3) is 5.61. The van der Waals surface area contributed by atoms with Crippen molar-refractivity contribution in [3.8, 4) is 11.8 Å². The van der Waals surface area contributed by atoms with Crippen LogP contribution in [-0.2, 0) is 17.9 Å². The Morgan fingerprint density at radius 3 is 2.75 bits per heavy atom. The number of aryl methyl sites for hydroxylation is 1. The fourth-order valence-corrected chi connectivity index (χ4v) is 3.35. The maximum absolute atomic E-state index is 14.0. The van der Waals surface area contributed by atoms with Gasteiger partial charge in [0.25, 0.3) is 5.56 Å². The van der Waals surface area contributed by atoms with E-state index in [2.05, 4.69) is 0 Å². The fraction of sp³-hybridized carbons (Fsp3) is 0.208. The minimum absolute atomic E-state index is 0.0157. The molecule has 6 nitrogen and oxygen atoms in total. The maximum atomic E-state index is 14.0. The summed E-state index contributed by atoms with van der Waals surface area (Å²) in [5, 5.41) is 9.87. The number of methoxy groups -OCH3 is 1. The van der Waals surface area contributed by atoms with Crippen molar-refractivity contribution in [2.24, 2.45) is 0 Å². The summed E-state index contributed by atoms with van der Waals surface area (Å²) < 4.78 is 26.0. The van der Waals surface area contributed by atoms with E-state index in [-0.39, 0.29) is 35.6 Å². The highest BCUT2D eigenvalue weighted by Crippen LogP contribution is 2.25. The molecule has 1 aromatic heterocycles. The Kier molecular flexibility index (Phi) is 7.77.